The third-order valence-corrected chi connectivity index (χ3v) is 1.30. The molecule has 0 aromatic rings. The Hall–Kier alpha value is -1.51. The molecule has 1 heterocycles. The van der Waals surface area contributed by atoms with E-state index in [-0.39, 0.29) is 0 Å². The smallest absolute Gasteiger partial charge is 0.115 e. The maximum Gasteiger partial charge on any atom is 0.115 e. The highest BCUT2D eigenvalue weighted by Crippen LogP contribution is 2.10. The SMILES string of the molecule is c1ccc2nnnc-2cc1. The van der Waals surface area contributed by atoms with E-state index in [0.29, 0.717) is 0 Å². The molecule has 0 atom stereocenters. The summed E-state index contributed by atoms with van der Waals surface area (Å²) in [5, 5.41) is 11.1. The lowest BCUT2D eigenvalue weighted by molar-refractivity contribution is 0.952. The van der Waals surface area contributed by atoms with Gasteiger partial charge in [0.1, 0.15) is 11.4 Å². The molecule has 2 rings (SSSR count). The second-order valence-electron chi connectivity index (χ2n) is 1.97. The zero-order chi connectivity index (χ0) is 6.81. The summed E-state index contributed by atoms with van der Waals surface area (Å²) < 4.78 is 0. The Morgan fingerprint density at radius 3 is 2.00 bits per heavy atom. The number of hydrogen-bond acceptors (Lipinski definition) is 3. The lowest BCUT2D eigenvalue weighted by Crippen LogP contribution is -1.67. The van der Waals surface area contributed by atoms with E-state index in [1.54, 1.807) is 0 Å². The van der Waals surface area contributed by atoms with Crippen molar-refractivity contribution < 1.29 is 0 Å². The van der Waals surface area contributed by atoms with E-state index < -0.39 is 0 Å². The minimum atomic E-state index is 0.838. The molecular weight excluding hydrogens is 126 g/mol. The molecule has 0 radical (unpaired) electrons. The van der Waals surface area contributed by atoms with Crippen LogP contribution in [-0.2, 0) is 0 Å². The fourth-order valence-electron chi connectivity index (χ4n) is 0.816. The van der Waals surface area contributed by atoms with E-state index in [1.807, 2.05) is 30.3 Å². The molecule has 1 aliphatic heterocycles. The average Bonchev–Trinajstić information content (AvgIpc) is 2.28. The van der Waals surface area contributed by atoms with Gasteiger partial charge in [-0.15, -0.1) is 10.2 Å². The minimum absolute atomic E-state index is 0.838. The van der Waals surface area contributed by atoms with E-state index in [2.05, 4.69) is 15.4 Å². The van der Waals surface area contributed by atoms with E-state index in [1.165, 1.54) is 0 Å². The lowest BCUT2D eigenvalue weighted by Gasteiger charge is -1.78. The van der Waals surface area contributed by atoms with Crippen molar-refractivity contribution in [3.8, 4) is 11.4 Å². The molecule has 10 heavy (non-hydrogen) atoms. The molecule has 0 bridgehead atoms. The summed E-state index contributed by atoms with van der Waals surface area (Å²) in [4.78, 5) is 0. The molecule has 0 N–H and O–H groups in total. The standard InChI is InChI=1S/C7H5N3/c1-2-4-6-7(5-3-1)9-10-8-6/h1-5H. The van der Waals surface area contributed by atoms with Crippen molar-refractivity contribution in [1.29, 1.82) is 0 Å². The normalized spacial score (nSPS) is 10.0. The molecule has 0 aromatic carbocycles. The highest BCUT2D eigenvalue weighted by Gasteiger charge is 2.00. The topological polar surface area (TPSA) is 38.7 Å². The molecule has 0 unspecified atom stereocenters. The van der Waals surface area contributed by atoms with Crippen LogP contribution in [0.15, 0.2) is 30.3 Å². The molecule has 2 aliphatic rings. The van der Waals surface area contributed by atoms with E-state index in [9.17, 15) is 0 Å². The van der Waals surface area contributed by atoms with Crippen molar-refractivity contribution in [2.24, 2.45) is 0 Å². The van der Waals surface area contributed by atoms with Crippen molar-refractivity contribution in [1.82, 2.24) is 15.4 Å². The van der Waals surface area contributed by atoms with Crippen LogP contribution in [0.1, 0.15) is 0 Å². The van der Waals surface area contributed by atoms with Gasteiger partial charge >= 0.3 is 0 Å². The van der Waals surface area contributed by atoms with Gasteiger partial charge in [-0.05, 0) is 17.3 Å². The van der Waals surface area contributed by atoms with Gasteiger partial charge in [0.05, 0.1) is 0 Å². The monoisotopic (exact) mass is 131 g/mol. The number of fused-ring (bicyclic) bond motifs is 1. The van der Waals surface area contributed by atoms with Crippen molar-refractivity contribution in [2.75, 3.05) is 0 Å². The molecule has 0 fully saturated rings. The van der Waals surface area contributed by atoms with Crippen molar-refractivity contribution in [3.63, 3.8) is 0 Å². The minimum Gasteiger partial charge on any atom is -0.128 e. The summed E-state index contributed by atoms with van der Waals surface area (Å²) in [6, 6.07) is 9.53. The Morgan fingerprint density at radius 2 is 1.40 bits per heavy atom. The Bertz CT molecular complexity index is 280. The van der Waals surface area contributed by atoms with E-state index in [0.717, 1.165) is 11.4 Å². The highest BCUT2D eigenvalue weighted by molar-refractivity contribution is 5.52. The largest absolute Gasteiger partial charge is 0.128 e. The van der Waals surface area contributed by atoms with Crippen LogP contribution >= 0.6 is 0 Å². The summed E-state index contributed by atoms with van der Waals surface area (Å²) in [6.07, 6.45) is 0. The maximum absolute atomic E-state index is 3.80. The second kappa shape index (κ2) is 2.02. The van der Waals surface area contributed by atoms with Crippen LogP contribution in [0.5, 0.6) is 0 Å². The van der Waals surface area contributed by atoms with Crippen LogP contribution in [0, 0.1) is 0 Å². The van der Waals surface area contributed by atoms with Crippen LogP contribution in [0.2, 0.25) is 0 Å². The average molecular weight is 131 g/mol. The quantitative estimate of drug-likeness (QED) is 0.534. The lowest BCUT2D eigenvalue weighted by atomic mass is 10.3. The molecule has 0 saturated heterocycles. The maximum atomic E-state index is 3.80. The van der Waals surface area contributed by atoms with Gasteiger partial charge in [-0.25, -0.2) is 0 Å². The molecule has 3 heteroatoms. The van der Waals surface area contributed by atoms with Crippen LogP contribution in [0.3, 0.4) is 0 Å². The summed E-state index contributed by atoms with van der Waals surface area (Å²) in [6.45, 7) is 0. The Kier molecular flexibility index (Phi) is 1.07. The molecule has 1 aliphatic carbocycles. The molecule has 0 aromatic heterocycles. The van der Waals surface area contributed by atoms with E-state index >= 15 is 0 Å². The summed E-state index contributed by atoms with van der Waals surface area (Å²) in [5.41, 5.74) is 1.68. The summed E-state index contributed by atoms with van der Waals surface area (Å²) in [5.74, 6) is 0. The van der Waals surface area contributed by atoms with Crippen molar-refractivity contribution in [2.45, 2.75) is 0 Å². The first-order chi connectivity index (χ1) is 4.97. The Labute approximate surface area is 58.1 Å². The van der Waals surface area contributed by atoms with Gasteiger partial charge in [-0.1, -0.05) is 18.2 Å². The number of rotatable bonds is 0. The van der Waals surface area contributed by atoms with Crippen molar-refractivity contribution >= 4 is 0 Å². The molecule has 0 saturated carbocycles. The summed E-state index contributed by atoms with van der Waals surface area (Å²) in [7, 11) is 0. The number of nitrogens with zero attached hydrogens (tertiary/aromatic N) is 3. The number of hydrogen-bond donors (Lipinski definition) is 0. The predicted molar refractivity (Wildman–Crippen MR) is 36.4 cm³/mol. The van der Waals surface area contributed by atoms with Gasteiger partial charge in [0.2, 0.25) is 0 Å². The van der Waals surface area contributed by atoms with Crippen molar-refractivity contribution in [3.05, 3.63) is 30.3 Å². The first kappa shape index (κ1) is 5.29. The van der Waals surface area contributed by atoms with Crippen LogP contribution < -0.4 is 0 Å². The van der Waals surface area contributed by atoms with Gasteiger partial charge in [-0.2, -0.15) is 0 Å². The van der Waals surface area contributed by atoms with Gasteiger partial charge in [-0.3, -0.25) is 0 Å². The number of aromatic nitrogens is 3. The first-order valence-electron chi connectivity index (χ1n) is 3.01. The van der Waals surface area contributed by atoms with Crippen LogP contribution in [0.4, 0.5) is 0 Å². The van der Waals surface area contributed by atoms with Gasteiger partial charge < -0.3 is 0 Å². The molecule has 0 spiro atoms. The van der Waals surface area contributed by atoms with Crippen LogP contribution in [-0.4, -0.2) is 15.4 Å². The molecule has 3 nitrogen and oxygen atoms in total. The van der Waals surface area contributed by atoms with Gasteiger partial charge in [0, 0.05) is 0 Å². The third-order valence-electron chi connectivity index (χ3n) is 1.30. The predicted octanol–water partition coefficient (Wildman–Crippen LogP) is 0.976. The zero-order valence-corrected chi connectivity index (χ0v) is 5.23. The second-order valence-corrected chi connectivity index (χ2v) is 1.97. The Morgan fingerprint density at radius 1 is 0.800 bits per heavy atom. The fraction of sp³-hybridized carbons (Fsp3) is 0. The summed E-state index contributed by atoms with van der Waals surface area (Å²) >= 11 is 0. The highest BCUT2D eigenvalue weighted by atomic mass is 15.3. The molecule has 0 amide bonds. The van der Waals surface area contributed by atoms with Crippen LogP contribution in [0.25, 0.3) is 11.4 Å². The molecule has 48 valence electrons. The Balaban J connectivity index is 2.74. The van der Waals surface area contributed by atoms with Gasteiger partial charge in [0.15, 0.2) is 0 Å². The molecular formula is C7H5N3. The third kappa shape index (κ3) is 0.719. The fourth-order valence-corrected chi connectivity index (χ4v) is 0.816. The first-order valence-corrected chi connectivity index (χ1v) is 3.01. The van der Waals surface area contributed by atoms with E-state index in [4.69, 9.17) is 0 Å². The zero-order valence-electron chi connectivity index (χ0n) is 5.23. The van der Waals surface area contributed by atoms with Gasteiger partial charge in [0.25, 0.3) is 0 Å².